The van der Waals surface area contributed by atoms with Crippen LogP contribution in [0.1, 0.15) is 34.5 Å². The number of nitro groups is 1. The van der Waals surface area contributed by atoms with E-state index in [1.165, 1.54) is 36.4 Å². The maximum atomic E-state index is 12.7. The molecule has 1 aliphatic rings. The van der Waals surface area contributed by atoms with E-state index in [0.717, 1.165) is 16.7 Å². The lowest BCUT2D eigenvalue weighted by molar-refractivity contribution is -0.384. The van der Waals surface area contributed by atoms with E-state index in [1.807, 2.05) is 0 Å². The highest BCUT2D eigenvalue weighted by Crippen LogP contribution is 2.33. The van der Waals surface area contributed by atoms with Crippen molar-refractivity contribution < 1.29 is 33.6 Å². The van der Waals surface area contributed by atoms with E-state index in [9.17, 15) is 29.3 Å². The average molecular weight is 480 g/mol. The number of hydrogen-bond acceptors (Lipinski definition) is 8. The Labute approximate surface area is 196 Å². The molecule has 4 rings (SSSR count). The molecule has 0 radical (unpaired) electrons. The molecule has 1 saturated heterocycles. The number of hydrogen-bond donors (Lipinski definition) is 1. The van der Waals surface area contributed by atoms with Crippen LogP contribution < -0.4 is 0 Å². The Morgan fingerprint density at radius 1 is 1.15 bits per heavy atom. The van der Waals surface area contributed by atoms with Crippen molar-refractivity contribution in [1.29, 1.82) is 0 Å². The van der Waals surface area contributed by atoms with E-state index in [4.69, 9.17) is 9.52 Å². The van der Waals surface area contributed by atoms with Gasteiger partial charge in [0, 0.05) is 36.0 Å². The number of nitro benzene ring substituents is 1. The molecule has 2 heterocycles. The van der Waals surface area contributed by atoms with Crippen molar-refractivity contribution in [3.8, 4) is 0 Å². The molecule has 1 N–H and O–H groups in total. The number of benzene rings is 2. The maximum absolute atomic E-state index is 12.7. The predicted molar refractivity (Wildman–Crippen MR) is 122 cm³/mol. The summed E-state index contributed by atoms with van der Waals surface area (Å²) in [5.74, 6) is -2.00. The zero-order valence-corrected chi connectivity index (χ0v) is 18.2. The second kappa shape index (κ2) is 9.32. The van der Waals surface area contributed by atoms with E-state index in [1.54, 1.807) is 18.2 Å². The monoisotopic (exact) mass is 480 g/mol. The van der Waals surface area contributed by atoms with Crippen molar-refractivity contribution in [3.63, 3.8) is 0 Å². The van der Waals surface area contributed by atoms with E-state index < -0.39 is 27.8 Å². The van der Waals surface area contributed by atoms with E-state index in [0.29, 0.717) is 16.5 Å². The first-order valence-corrected chi connectivity index (χ1v) is 10.8. The highest BCUT2D eigenvalue weighted by Gasteiger charge is 2.34. The molecule has 34 heavy (non-hydrogen) atoms. The van der Waals surface area contributed by atoms with Crippen molar-refractivity contribution in [2.45, 2.75) is 12.8 Å². The standard InChI is InChI=1S/C23H16N2O8S/c26-20(27)5-2-8-24-22(29)19(34-23(24)30)10-13-6-7-17-15(9-13)12-18(33-17)21(28)14-3-1-4-16(11-14)25(31)32/h1,3-4,6-7,9-12H,2,5,8H2,(H,26,27)/b19-10+. The number of imide groups is 1. The van der Waals surface area contributed by atoms with Crippen LogP contribution in [0, 0.1) is 10.1 Å². The molecule has 0 aliphatic carbocycles. The number of carbonyl (C=O) groups is 4. The van der Waals surface area contributed by atoms with Crippen molar-refractivity contribution in [1.82, 2.24) is 4.90 Å². The number of thioether (sulfide) groups is 1. The number of carboxylic acids is 1. The summed E-state index contributed by atoms with van der Waals surface area (Å²) >= 11 is 0.770. The fourth-order valence-corrected chi connectivity index (χ4v) is 4.26. The molecule has 2 amide bonds. The van der Waals surface area contributed by atoms with E-state index in [2.05, 4.69) is 0 Å². The Bertz CT molecular complexity index is 1390. The number of ketones is 1. The molecule has 3 aromatic rings. The third kappa shape index (κ3) is 4.74. The van der Waals surface area contributed by atoms with Crippen LogP contribution >= 0.6 is 11.8 Å². The van der Waals surface area contributed by atoms with Crippen LogP contribution in [-0.4, -0.2) is 44.4 Å². The fourth-order valence-electron chi connectivity index (χ4n) is 3.40. The summed E-state index contributed by atoms with van der Waals surface area (Å²) in [4.78, 5) is 59.7. The first-order valence-electron chi connectivity index (χ1n) is 10.0. The average Bonchev–Trinajstić information content (AvgIpc) is 3.34. The van der Waals surface area contributed by atoms with E-state index in [-0.39, 0.29) is 41.3 Å². The van der Waals surface area contributed by atoms with Crippen molar-refractivity contribution in [2.75, 3.05) is 6.54 Å². The number of carbonyl (C=O) groups excluding carboxylic acids is 3. The zero-order valence-electron chi connectivity index (χ0n) is 17.4. The van der Waals surface area contributed by atoms with Crippen LogP contribution in [0.3, 0.4) is 0 Å². The first-order chi connectivity index (χ1) is 16.2. The Hall–Kier alpha value is -4.25. The van der Waals surface area contributed by atoms with Crippen molar-refractivity contribution >= 4 is 57.4 Å². The number of aliphatic carboxylic acids is 1. The number of nitrogens with zero attached hydrogens (tertiary/aromatic N) is 2. The number of rotatable bonds is 8. The van der Waals surface area contributed by atoms with Crippen molar-refractivity contribution in [3.05, 3.63) is 80.4 Å². The number of non-ortho nitro benzene ring substituents is 1. The third-order valence-corrected chi connectivity index (χ3v) is 5.93. The molecule has 0 spiro atoms. The molecule has 0 bridgehead atoms. The number of amides is 2. The minimum atomic E-state index is -1.00. The lowest BCUT2D eigenvalue weighted by Crippen LogP contribution is -2.29. The van der Waals surface area contributed by atoms with Gasteiger partial charge in [0.1, 0.15) is 5.58 Å². The summed E-state index contributed by atoms with van der Waals surface area (Å²) in [7, 11) is 0. The summed E-state index contributed by atoms with van der Waals surface area (Å²) in [6.07, 6.45) is 1.56. The zero-order chi connectivity index (χ0) is 24.4. The third-order valence-electron chi connectivity index (χ3n) is 5.03. The van der Waals surface area contributed by atoms with Gasteiger partial charge in [-0.05, 0) is 48.0 Å². The van der Waals surface area contributed by atoms with Gasteiger partial charge < -0.3 is 9.52 Å². The second-order valence-electron chi connectivity index (χ2n) is 7.38. The van der Waals surface area contributed by atoms with Gasteiger partial charge in [0.2, 0.25) is 5.78 Å². The molecule has 11 heteroatoms. The summed E-state index contributed by atoms with van der Waals surface area (Å²) in [5, 5.41) is 19.8. The minimum absolute atomic E-state index is 0.00593. The topological polar surface area (TPSA) is 148 Å². The van der Waals surface area contributed by atoms with Crippen LogP contribution in [-0.2, 0) is 9.59 Å². The lowest BCUT2D eigenvalue weighted by atomic mass is 10.1. The van der Waals surface area contributed by atoms with Gasteiger partial charge in [0.05, 0.1) is 9.83 Å². The molecule has 2 aromatic carbocycles. The smallest absolute Gasteiger partial charge is 0.303 e. The highest BCUT2D eigenvalue weighted by molar-refractivity contribution is 8.18. The summed E-state index contributed by atoms with van der Waals surface area (Å²) in [6.45, 7) is 0.0260. The summed E-state index contributed by atoms with van der Waals surface area (Å²) in [6, 6.07) is 11.8. The molecular formula is C23H16N2O8S. The first kappa shape index (κ1) is 22.9. The number of fused-ring (bicyclic) bond motifs is 1. The van der Waals surface area contributed by atoms with Crippen LogP contribution in [0.25, 0.3) is 17.0 Å². The molecule has 1 aliphatic heterocycles. The fraction of sp³-hybridized carbons (Fsp3) is 0.130. The quantitative estimate of drug-likeness (QED) is 0.213. The van der Waals surface area contributed by atoms with Crippen LogP contribution in [0.15, 0.2) is 57.9 Å². The molecule has 10 nitrogen and oxygen atoms in total. The molecular weight excluding hydrogens is 464 g/mol. The van der Waals surface area contributed by atoms with E-state index >= 15 is 0 Å². The SMILES string of the molecule is O=C(O)CCCN1C(=O)S/C(=C/c2ccc3oc(C(=O)c4cccc([N+](=O)[O-])c4)cc3c2)C1=O. The van der Waals surface area contributed by atoms with Gasteiger partial charge in [-0.3, -0.25) is 34.2 Å². The Balaban J connectivity index is 1.55. The normalized spacial score (nSPS) is 14.8. The predicted octanol–water partition coefficient (Wildman–Crippen LogP) is 4.47. The lowest BCUT2D eigenvalue weighted by Gasteiger charge is -2.10. The number of furan rings is 1. The van der Waals surface area contributed by atoms with Crippen molar-refractivity contribution in [2.24, 2.45) is 0 Å². The van der Waals surface area contributed by atoms with Gasteiger partial charge in [0.25, 0.3) is 16.8 Å². The van der Waals surface area contributed by atoms with Gasteiger partial charge in [-0.15, -0.1) is 0 Å². The molecule has 0 atom stereocenters. The molecule has 0 saturated carbocycles. The molecule has 1 fully saturated rings. The van der Waals surface area contributed by atoms with Gasteiger partial charge in [-0.25, -0.2) is 0 Å². The van der Waals surface area contributed by atoms with Gasteiger partial charge >= 0.3 is 5.97 Å². The Morgan fingerprint density at radius 3 is 2.68 bits per heavy atom. The molecule has 1 aromatic heterocycles. The minimum Gasteiger partial charge on any atom is -0.481 e. The summed E-state index contributed by atoms with van der Waals surface area (Å²) in [5.41, 5.74) is 0.914. The molecule has 172 valence electrons. The molecule has 0 unspecified atom stereocenters. The maximum Gasteiger partial charge on any atom is 0.303 e. The van der Waals surface area contributed by atoms with Crippen LogP contribution in [0.2, 0.25) is 0 Å². The van der Waals surface area contributed by atoms with Gasteiger partial charge in [0.15, 0.2) is 5.76 Å². The Kier molecular flexibility index (Phi) is 6.28. The number of carboxylic acid groups (broad SMARTS) is 1. The van der Waals surface area contributed by atoms with Gasteiger partial charge in [-0.2, -0.15) is 0 Å². The Morgan fingerprint density at radius 2 is 1.94 bits per heavy atom. The summed E-state index contributed by atoms with van der Waals surface area (Å²) < 4.78 is 5.61. The highest BCUT2D eigenvalue weighted by atomic mass is 32.2. The van der Waals surface area contributed by atoms with Crippen LogP contribution in [0.4, 0.5) is 10.5 Å². The largest absolute Gasteiger partial charge is 0.481 e. The second-order valence-corrected chi connectivity index (χ2v) is 8.37. The van der Waals surface area contributed by atoms with Crippen LogP contribution in [0.5, 0.6) is 0 Å². The van der Waals surface area contributed by atoms with Gasteiger partial charge in [-0.1, -0.05) is 18.2 Å².